The minimum Gasteiger partial charge on any atom is -0.229 e. The van der Waals surface area contributed by atoms with Crippen LogP contribution in [-0.4, -0.2) is 23.2 Å². The number of allylic oxidation sites excluding steroid dienone is 2. The van der Waals surface area contributed by atoms with E-state index in [0.29, 0.717) is 0 Å². The number of hydrogen-bond donors (Lipinski definition) is 0. The van der Waals surface area contributed by atoms with E-state index in [-0.39, 0.29) is 19.3 Å². The van der Waals surface area contributed by atoms with E-state index >= 15 is 0 Å². The van der Waals surface area contributed by atoms with E-state index in [1.807, 2.05) is 0 Å². The van der Waals surface area contributed by atoms with Crippen LogP contribution < -0.4 is 0 Å². The maximum atomic E-state index is 14.3. The third kappa shape index (κ3) is 0.961. The van der Waals surface area contributed by atoms with Gasteiger partial charge in [-0.15, -0.1) is 0 Å². The Hall–Kier alpha value is -0.820. The van der Waals surface area contributed by atoms with E-state index in [0.717, 1.165) is 0 Å². The molecule has 108 valence electrons. The van der Waals surface area contributed by atoms with Crippen molar-refractivity contribution in [1.82, 2.24) is 0 Å². The predicted molar refractivity (Wildman–Crippen MR) is 47.6 cm³/mol. The molecule has 0 aromatic heterocycles. The summed E-state index contributed by atoms with van der Waals surface area (Å²) < 4.78 is 110. The van der Waals surface area contributed by atoms with Crippen molar-refractivity contribution in [2.75, 3.05) is 0 Å². The molecule has 0 amide bonds. The van der Waals surface area contributed by atoms with Crippen molar-refractivity contribution in [3.63, 3.8) is 0 Å². The van der Waals surface area contributed by atoms with Gasteiger partial charge in [-0.1, -0.05) is 6.42 Å². The molecule has 0 nitrogen and oxygen atoms in total. The Balaban J connectivity index is 2.39. The fourth-order valence-corrected chi connectivity index (χ4v) is 3.76. The minimum absolute atomic E-state index is 0.0284. The van der Waals surface area contributed by atoms with Crippen LogP contribution in [0.2, 0.25) is 0 Å². The molecule has 0 heterocycles. The van der Waals surface area contributed by atoms with E-state index in [1.165, 1.54) is 0 Å². The van der Waals surface area contributed by atoms with Crippen LogP contribution in [0.1, 0.15) is 19.3 Å². The largest absolute Gasteiger partial charge is 0.353 e. The maximum Gasteiger partial charge on any atom is 0.353 e. The maximum absolute atomic E-state index is 14.3. The van der Waals surface area contributed by atoms with Crippen molar-refractivity contribution < 1.29 is 35.1 Å². The van der Waals surface area contributed by atoms with Crippen molar-refractivity contribution in [2.45, 2.75) is 42.4 Å². The Bertz CT molecular complexity index is 441. The molecule has 4 unspecified atom stereocenters. The highest BCUT2D eigenvalue weighted by molar-refractivity contribution is 5.44. The quantitative estimate of drug-likeness (QED) is 0.585. The summed E-state index contributed by atoms with van der Waals surface area (Å²) >= 11 is 0. The van der Waals surface area contributed by atoms with E-state index in [1.54, 1.807) is 0 Å². The van der Waals surface area contributed by atoms with Crippen molar-refractivity contribution in [2.24, 2.45) is 11.8 Å². The molecule has 0 spiro atoms. The molecule has 0 saturated heterocycles. The monoisotopic (exact) mass is 292 g/mol. The summed E-state index contributed by atoms with van der Waals surface area (Å²) in [6.45, 7) is 0. The molecule has 4 atom stereocenters. The van der Waals surface area contributed by atoms with Gasteiger partial charge in [-0.3, -0.25) is 0 Å². The van der Waals surface area contributed by atoms with Crippen LogP contribution >= 0.6 is 0 Å². The highest BCUT2D eigenvalue weighted by Gasteiger charge is 2.92. The summed E-state index contributed by atoms with van der Waals surface area (Å²) in [5.74, 6) is -20.6. The highest BCUT2D eigenvalue weighted by atomic mass is 19.3. The summed E-state index contributed by atoms with van der Waals surface area (Å²) in [7, 11) is 0. The average molecular weight is 292 g/mol. The van der Waals surface area contributed by atoms with E-state index in [2.05, 4.69) is 0 Å². The van der Waals surface area contributed by atoms with Crippen molar-refractivity contribution in [3.8, 4) is 0 Å². The lowest BCUT2D eigenvalue weighted by molar-refractivity contribution is -0.369. The molecule has 2 saturated carbocycles. The molecular formula is C11H8F8. The van der Waals surface area contributed by atoms with Crippen LogP contribution in [0.3, 0.4) is 0 Å². The van der Waals surface area contributed by atoms with Crippen molar-refractivity contribution in [1.29, 1.82) is 0 Å². The third-order valence-corrected chi connectivity index (χ3v) is 4.68. The first-order valence-electron chi connectivity index (χ1n) is 5.74. The summed E-state index contributed by atoms with van der Waals surface area (Å²) in [5.41, 5.74) is -8.93. The van der Waals surface area contributed by atoms with Crippen LogP contribution in [-0.2, 0) is 0 Å². The zero-order valence-electron chi connectivity index (χ0n) is 9.30. The van der Waals surface area contributed by atoms with Gasteiger partial charge in [-0.05, 0) is 12.8 Å². The number of rotatable bonds is 0. The molecule has 19 heavy (non-hydrogen) atoms. The van der Waals surface area contributed by atoms with Gasteiger partial charge in [-0.2, -0.15) is 17.6 Å². The van der Waals surface area contributed by atoms with Gasteiger partial charge in [0.2, 0.25) is 11.3 Å². The molecular weight excluding hydrogens is 284 g/mol. The lowest BCUT2D eigenvalue weighted by Gasteiger charge is -2.57. The second-order valence-corrected chi connectivity index (χ2v) is 5.34. The number of halogens is 8. The lowest BCUT2D eigenvalue weighted by Crippen LogP contribution is -2.78. The molecule has 0 N–H and O–H groups in total. The van der Waals surface area contributed by atoms with Crippen LogP contribution in [0.5, 0.6) is 0 Å². The fraction of sp³-hybridized carbons (Fsp3) is 0.818. The highest BCUT2D eigenvalue weighted by Crippen LogP contribution is 2.74. The molecule has 0 aromatic carbocycles. The Morgan fingerprint density at radius 3 is 1.32 bits per heavy atom. The van der Waals surface area contributed by atoms with Crippen molar-refractivity contribution in [3.05, 3.63) is 11.7 Å². The normalized spacial score (nSPS) is 50.5. The Labute approximate surface area is 102 Å². The zero-order chi connectivity index (χ0) is 14.4. The molecule has 8 heteroatoms. The third-order valence-electron chi connectivity index (χ3n) is 4.68. The van der Waals surface area contributed by atoms with Gasteiger partial charge < -0.3 is 0 Å². The van der Waals surface area contributed by atoms with Crippen molar-refractivity contribution >= 4 is 0 Å². The molecule has 0 aliphatic heterocycles. The second-order valence-electron chi connectivity index (χ2n) is 5.34. The van der Waals surface area contributed by atoms with Gasteiger partial charge in [0, 0.05) is 11.8 Å². The molecule has 2 bridgehead atoms. The van der Waals surface area contributed by atoms with Gasteiger partial charge in [0.25, 0.3) is 0 Å². The summed E-state index contributed by atoms with van der Waals surface area (Å²) in [6, 6.07) is 0. The molecule has 4 aliphatic rings. The smallest absolute Gasteiger partial charge is 0.229 e. The number of hydrogen-bond acceptors (Lipinski definition) is 0. The van der Waals surface area contributed by atoms with Crippen LogP contribution in [0.25, 0.3) is 0 Å². The zero-order valence-corrected chi connectivity index (χ0v) is 9.30. The van der Waals surface area contributed by atoms with E-state index in [9.17, 15) is 35.1 Å². The first kappa shape index (κ1) is 13.2. The van der Waals surface area contributed by atoms with E-state index < -0.39 is 46.7 Å². The minimum atomic E-state index is -5.61. The summed E-state index contributed by atoms with van der Waals surface area (Å²) in [5, 5.41) is 0. The first-order chi connectivity index (χ1) is 8.54. The molecule has 4 aliphatic carbocycles. The molecule has 2 fully saturated rings. The van der Waals surface area contributed by atoms with E-state index in [4.69, 9.17) is 0 Å². The average Bonchev–Trinajstić information content (AvgIpc) is 2.81. The topological polar surface area (TPSA) is 0 Å². The molecule has 4 rings (SSSR count). The number of fused-ring (bicyclic) bond motifs is 1. The van der Waals surface area contributed by atoms with Crippen LogP contribution in [0.4, 0.5) is 35.1 Å². The summed E-state index contributed by atoms with van der Waals surface area (Å²) in [6.07, 6.45) is -0.780. The second kappa shape index (κ2) is 3.09. The molecule has 0 radical (unpaired) electrons. The SMILES string of the molecule is FC1=C(F)C2(F)C3CCCC3C1(F)C(F)(F)C2(F)F. The van der Waals surface area contributed by atoms with Gasteiger partial charge >= 0.3 is 11.8 Å². The fourth-order valence-electron chi connectivity index (χ4n) is 3.76. The van der Waals surface area contributed by atoms with Crippen LogP contribution in [0, 0.1) is 11.8 Å². The first-order valence-corrected chi connectivity index (χ1v) is 5.74. The van der Waals surface area contributed by atoms with Gasteiger partial charge in [0.1, 0.15) is 0 Å². The van der Waals surface area contributed by atoms with Gasteiger partial charge in [-0.25, -0.2) is 17.6 Å². The van der Waals surface area contributed by atoms with Gasteiger partial charge in [0.15, 0.2) is 11.7 Å². The Kier molecular flexibility index (Phi) is 2.14. The Morgan fingerprint density at radius 1 is 0.684 bits per heavy atom. The van der Waals surface area contributed by atoms with Crippen LogP contribution in [0.15, 0.2) is 11.7 Å². The predicted octanol–water partition coefficient (Wildman–Crippen LogP) is 4.27. The standard InChI is InChI=1S/C11H8F8/c12-6-7(13)9(15)5-3-1-2-4(5)8(6,14)10(16,17)11(9,18)19/h4-5H,1-3H2. The lowest BCUT2D eigenvalue weighted by atomic mass is 9.55. The Morgan fingerprint density at radius 2 is 1.00 bits per heavy atom. The summed E-state index contributed by atoms with van der Waals surface area (Å²) in [4.78, 5) is 0. The van der Waals surface area contributed by atoms with Gasteiger partial charge in [0.05, 0.1) is 0 Å². The number of alkyl halides is 6. The molecule has 0 aromatic rings.